The minimum atomic E-state index is 0.474. The molecule has 0 aromatic heterocycles. The van der Waals surface area contributed by atoms with E-state index in [-0.39, 0.29) is 0 Å². The molecule has 2 bridgehead atoms. The van der Waals surface area contributed by atoms with Crippen molar-refractivity contribution in [2.75, 3.05) is 0 Å². The van der Waals surface area contributed by atoms with E-state index in [1.165, 1.54) is 51.4 Å². The van der Waals surface area contributed by atoms with E-state index in [1.54, 1.807) is 0 Å². The molecule has 0 radical (unpaired) electrons. The third kappa shape index (κ3) is 2.23. The molecule has 3 aliphatic rings. The zero-order valence-corrected chi connectivity index (χ0v) is 14.2. The Morgan fingerprint density at radius 1 is 1.00 bits per heavy atom. The van der Waals surface area contributed by atoms with Crippen LogP contribution in [0.1, 0.15) is 65.2 Å². The quantitative estimate of drug-likeness (QED) is 0.396. The second-order valence-corrected chi connectivity index (χ2v) is 12.3. The molecule has 0 aliphatic heterocycles. The van der Waals surface area contributed by atoms with Crippen molar-refractivity contribution in [3.63, 3.8) is 0 Å². The summed E-state index contributed by atoms with van der Waals surface area (Å²) < 4.78 is 0.474. The summed E-state index contributed by atoms with van der Waals surface area (Å²) in [7, 11) is 0. The van der Waals surface area contributed by atoms with E-state index in [2.05, 4.69) is 59.0 Å². The van der Waals surface area contributed by atoms with Crippen LogP contribution in [0.15, 0.2) is 0 Å². The lowest BCUT2D eigenvalue weighted by Crippen LogP contribution is -2.48. The van der Waals surface area contributed by atoms with Gasteiger partial charge in [-0.1, -0.05) is 58.5 Å². The fourth-order valence-electron chi connectivity index (χ4n) is 3.83. The van der Waals surface area contributed by atoms with Crippen molar-refractivity contribution in [2.45, 2.75) is 66.6 Å². The molecule has 3 fully saturated rings. The van der Waals surface area contributed by atoms with Crippen molar-refractivity contribution >= 4 is 45.2 Å². The van der Waals surface area contributed by atoms with Crippen molar-refractivity contribution in [2.24, 2.45) is 10.8 Å². The van der Waals surface area contributed by atoms with Gasteiger partial charge < -0.3 is 0 Å². The van der Waals surface area contributed by atoms with Gasteiger partial charge in [0.2, 0.25) is 0 Å². The zero-order valence-electron chi connectivity index (χ0n) is 9.91. The summed E-state index contributed by atoms with van der Waals surface area (Å²) >= 11 is 5.37. The molecule has 0 unspecified atom stereocenters. The molecule has 15 heavy (non-hydrogen) atoms. The Morgan fingerprint density at radius 2 is 1.47 bits per heavy atom. The maximum Gasteiger partial charge on any atom is 0.0762 e. The van der Waals surface area contributed by atoms with Gasteiger partial charge in [0.1, 0.15) is 0 Å². The predicted octanol–water partition coefficient (Wildman–Crippen LogP) is 5.71. The standard InChI is InChI=1S/C13H22I2/c1-3-4-12-5-8-13(9-6-12,10-7-12)11(2,14)15/h3-10H2,1-2H3. The van der Waals surface area contributed by atoms with Crippen molar-refractivity contribution in [1.29, 1.82) is 0 Å². The number of hydrogen-bond donors (Lipinski definition) is 0. The first-order chi connectivity index (χ1) is 6.93. The molecular formula is C13H22I2. The molecule has 0 heterocycles. The van der Waals surface area contributed by atoms with E-state index in [9.17, 15) is 0 Å². The van der Waals surface area contributed by atoms with Crippen LogP contribution in [0.25, 0.3) is 0 Å². The summed E-state index contributed by atoms with van der Waals surface area (Å²) in [6.45, 7) is 4.79. The Kier molecular flexibility index (Phi) is 3.69. The van der Waals surface area contributed by atoms with Crippen LogP contribution in [-0.2, 0) is 0 Å². The van der Waals surface area contributed by atoms with Crippen LogP contribution in [0.3, 0.4) is 0 Å². The number of hydrogen-bond acceptors (Lipinski definition) is 0. The molecule has 0 spiro atoms. The Labute approximate surface area is 122 Å². The highest BCUT2D eigenvalue weighted by molar-refractivity contribution is 14.2. The monoisotopic (exact) mass is 432 g/mol. The van der Waals surface area contributed by atoms with E-state index in [0.717, 1.165) is 5.41 Å². The van der Waals surface area contributed by atoms with E-state index < -0.39 is 0 Å². The second kappa shape index (κ2) is 4.29. The first kappa shape index (κ1) is 12.9. The first-order valence-electron chi connectivity index (χ1n) is 6.31. The molecule has 0 nitrogen and oxygen atoms in total. The number of alkyl halides is 2. The van der Waals surface area contributed by atoms with Crippen LogP contribution in [0, 0.1) is 10.8 Å². The highest BCUT2D eigenvalue weighted by Gasteiger charge is 2.54. The number of fused-ring (bicyclic) bond motifs is 3. The van der Waals surface area contributed by atoms with Crippen molar-refractivity contribution in [3.8, 4) is 0 Å². The van der Waals surface area contributed by atoms with Gasteiger partial charge in [-0.2, -0.15) is 0 Å². The smallest absolute Gasteiger partial charge is 0.0669 e. The van der Waals surface area contributed by atoms with Crippen LogP contribution in [0.2, 0.25) is 0 Å². The van der Waals surface area contributed by atoms with Crippen LogP contribution in [0.4, 0.5) is 0 Å². The maximum atomic E-state index is 2.69. The van der Waals surface area contributed by atoms with Gasteiger partial charge >= 0.3 is 0 Å². The summed E-state index contributed by atoms with van der Waals surface area (Å²) in [6.07, 6.45) is 11.9. The van der Waals surface area contributed by atoms with Crippen LogP contribution < -0.4 is 0 Å². The van der Waals surface area contributed by atoms with E-state index >= 15 is 0 Å². The molecule has 88 valence electrons. The largest absolute Gasteiger partial charge is 0.0762 e. The normalized spacial score (nSPS) is 40.8. The Hall–Kier alpha value is 1.46. The van der Waals surface area contributed by atoms with Gasteiger partial charge in [-0.25, -0.2) is 0 Å². The van der Waals surface area contributed by atoms with Gasteiger partial charge in [0.15, 0.2) is 0 Å². The van der Waals surface area contributed by atoms with Crippen LogP contribution >= 0.6 is 45.2 Å². The molecule has 0 N–H and O–H groups in total. The summed E-state index contributed by atoms with van der Waals surface area (Å²) in [6, 6.07) is 0. The lowest BCUT2D eigenvalue weighted by atomic mass is 9.52. The molecular weight excluding hydrogens is 410 g/mol. The van der Waals surface area contributed by atoms with Gasteiger partial charge in [0.05, 0.1) is 1.43 Å². The Morgan fingerprint density at radius 3 is 1.80 bits per heavy atom. The summed E-state index contributed by atoms with van der Waals surface area (Å²) in [5.74, 6) is 0. The van der Waals surface area contributed by atoms with Gasteiger partial charge in [0, 0.05) is 0 Å². The van der Waals surface area contributed by atoms with Crippen LogP contribution in [0.5, 0.6) is 0 Å². The predicted molar refractivity (Wildman–Crippen MR) is 83.9 cm³/mol. The molecule has 3 rings (SSSR count). The lowest BCUT2D eigenvalue weighted by molar-refractivity contribution is -0.0133. The second-order valence-electron chi connectivity index (χ2n) is 5.92. The van der Waals surface area contributed by atoms with Crippen molar-refractivity contribution in [1.82, 2.24) is 0 Å². The molecule has 0 aromatic rings. The van der Waals surface area contributed by atoms with E-state index in [4.69, 9.17) is 0 Å². The average Bonchev–Trinajstić information content (AvgIpc) is 2.19. The maximum absolute atomic E-state index is 2.69. The van der Waals surface area contributed by atoms with Gasteiger partial charge in [-0.15, -0.1) is 0 Å². The van der Waals surface area contributed by atoms with E-state index in [0.29, 0.717) is 6.84 Å². The van der Waals surface area contributed by atoms with Gasteiger partial charge in [-0.05, 0) is 62.7 Å². The fourth-order valence-corrected chi connectivity index (χ4v) is 5.45. The third-order valence-electron chi connectivity index (χ3n) is 5.11. The Balaban J connectivity index is 2.11. The van der Waals surface area contributed by atoms with Gasteiger partial charge in [0.25, 0.3) is 0 Å². The topological polar surface area (TPSA) is 0 Å². The first-order valence-corrected chi connectivity index (χ1v) is 8.47. The SMILES string of the molecule is CCCC12CCC(C(C)(I)I)(CC1)CC2. The molecule has 0 saturated heterocycles. The highest BCUT2D eigenvalue weighted by Crippen LogP contribution is 2.65. The van der Waals surface area contributed by atoms with Gasteiger partial charge in [-0.3, -0.25) is 0 Å². The molecule has 0 atom stereocenters. The summed E-state index contributed by atoms with van der Waals surface area (Å²) in [5, 5.41) is 0. The highest BCUT2D eigenvalue weighted by atomic mass is 127. The number of halogens is 2. The zero-order chi connectivity index (χ0) is 11.2. The average molecular weight is 432 g/mol. The molecule has 3 saturated carbocycles. The lowest BCUT2D eigenvalue weighted by Gasteiger charge is -2.57. The molecule has 2 heteroatoms. The summed E-state index contributed by atoms with van der Waals surface area (Å²) in [4.78, 5) is 0. The number of rotatable bonds is 3. The summed E-state index contributed by atoms with van der Waals surface area (Å²) in [5.41, 5.74) is 1.44. The minimum absolute atomic E-state index is 0.474. The van der Waals surface area contributed by atoms with Crippen LogP contribution in [-0.4, -0.2) is 1.43 Å². The molecule has 3 aliphatic carbocycles. The molecule has 0 aromatic carbocycles. The van der Waals surface area contributed by atoms with E-state index in [1.807, 2.05) is 0 Å². The Bertz CT molecular complexity index is 215. The minimum Gasteiger partial charge on any atom is -0.0669 e. The molecule has 0 amide bonds. The van der Waals surface area contributed by atoms with Crippen molar-refractivity contribution < 1.29 is 0 Å². The fraction of sp³-hybridized carbons (Fsp3) is 1.00. The van der Waals surface area contributed by atoms with Crippen molar-refractivity contribution in [3.05, 3.63) is 0 Å². The third-order valence-corrected chi connectivity index (χ3v) is 7.40.